The second kappa shape index (κ2) is 3.52. The molecule has 0 aromatic carbocycles. The lowest BCUT2D eigenvalue weighted by Gasteiger charge is -2.36. The molecule has 0 saturated carbocycles. The van der Waals surface area contributed by atoms with E-state index in [4.69, 9.17) is 10.4 Å². The van der Waals surface area contributed by atoms with Gasteiger partial charge in [0.25, 0.3) is 0 Å². The predicted molar refractivity (Wildman–Crippen MR) is 54.7 cm³/mol. The molecule has 0 saturated heterocycles. The van der Waals surface area contributed by atoms with Crippen molar-refractivity contribution in [1.82, 2.24) is 14.7 Å². The first-order valence-corrected chi connectivity index (χ1v) is 5.03. The van der Waals surface area contributed by atoms with Crippen molar-refractivity contribution >= 4 is 6.09 Å². The van der Waals surface area contributed by atoms with Gasteiger partial charge in [-0.1, -0.05) is 0 Å². The normalized spacial score (nSPS) is 23.7. The molecule has 6 nitrogen and oxygen atoms in total. The quantitative estimate of drug-likeness (QED) is 0.712. The molecule has 6 heteroatoms. The Labute approximate surface area is 92.7 Å². The predicted octanol–water partition coefficient (Wildman–Crippen LogP) is 1.20. The minimum Gasteiger partial charge on any atom is -0.465 e. The SMILES string of the molecule is C[C@@H]1Cn2nc(C#N)cc2[C@H](C)N1C(=O)O. The summed E-state index contributed by atoms with van der Waals surface area (Å²) in [7, 11) is 0. The Hall–Kier alpha value is -2.03. The van der Waals surface area contributed by atoms with Crippen molar-refractivity contribution in [3.05, 3.63) is 17.5 Å². The van der Waals surface area contributed by atoms with E-state index in [9.17, 15) is 4.79 Å². The van der Waals surface area contributed by atoms with Gasteiger partial charge in [-0.2, -0.15) is 10.4 Å². The number of nitriles is 1. The van der Waals surface area contributed by atoms with Crippen molar-refractivity contribution in [2.75, 3.05) is 0 Å². The molecule has 0 spiro atoms. The minimum absolute atomic E-state index is 0.133. The highest BCUT2D eigenvalue weighted by atomic mass is 16.4. The Balaban J connectivity index is 2.44. The molecule has 16 heavy (non-hydrogen) atoms. The monoisotopic (exact) mass is 220 g/mol. The fraction of sp³-hybridized carbons (Fsp3) is 0.500. The van der Waals surface area contributed by atoms with Crippen LogP contribution >= 0.6 is 0 Å². The van der Waals surface area contributed by atoms with E-state index in [1.807, 2.05) is 13.0 Å². The average molecular weight is 220 g/mol. The van der Waals surface area contributed by atoms with Crippen molar-refractivity contribution < 1.29 is 9.90 Å². The van der Waals surface area contributed by atoms with Crippen molar-refractivity contribution in [1.29, 1.82) is 5.26 Å². The van der Waals surface area contributed by atoms with E-state index in [0.717, 1.165) is 5.69 Å². The van der Waals surface area contributed by atoms with Crippen LogP contribution < -0.4 is 0 Å². The molecule has 2 atom stereocenters. The molecule has 1 aliphatic heterocycles. The Morgan fingerprint density at radius 2 is 2.38 bits per heavy atom. The molecule has 1 amide bonds. The van der Waals surface area contributed by atoms with Gasteiger partial charge in [0.2, 0.25) is 0 Å². The zero-order valence-electron chi connectivity index (χ0n) is 9.08. The van der Waals surface area contributed by atoms with Crippen LogP contribution in [0.25, 0.3) is 0 Å². The highest BCUT2D eigenvalue weighted by Gasteiger charge is 2.33. The first-order valence-electron chi connectivity index (χ1n) is 5.03. The number of hydrogen-bond donors (Lipinski definition) is 1. The summed E-state index contributed by atoms with van der Waals surface area (Å²) < 4.78 is 1.72. The fourth-order valence-corrected chi connectivity index (χ4v) is 2.19. The van der Waals surface area contributed by atoms with Gasteiger partial charge in [0, 0.05) is 0 Å². The van der Waals surface area contributed by atoms with Gasteiger partial charge >= 0.3 is 6.09 Å². The molecule has 2 rings (SSSR count). The van der Waals surface area contributed by atoms with Gasteiger partial charge in [-0.15, -0.1) is 0 Å². The second-order valence-electron chi connectivity index (χ2n) is 3.96. The van der Waals surface area contributed by atoms with Gasteiger partial charge in [-0.25, -0.2) is 4.79 Å². The van der Waals surface area contributed by atoms with Crippen LogP contribution in [0.2, 0.25) is 0 Å². The Morgan fingerprint density at radius 3 is 2.94 bits per heavy atom. The summed E-state index contributed by atoms with van der Waals surface area (Å²) in [5, 5.41) is 22.0. The maximum atomic E-state index is 11.1. The summed E-state index contributed by atoms with van der Waals surface area (Å²) in [6.45, 7) is 4.13. The third-order valence-corrected chi connectivity index (χ3v) is 2.90. The Kier molecular flexibility index (Phi) is 2.31. The summed E-state index contributed by atoms with van der Waals surface area (Å²) in [5.41, 5.74) is 1.11. The van der Waals surface area contributed by atoms with Crippen molar-refractivity contribution in [2.24, 2.45) is 0 Å². The van der Waals surface area contributed by atoms with Crippen LogP contribution in [0.3, 0.4) is 0 Å². The van der Waals surface area contributed by atoms with E-state index in [2.05, 4.69) is 5.10 Å². The molecule has 1 N–H and O–H groups in total. The molecule has 1 aromatic heterocycles. The van der Waals surface area contributed by atoms with Gasteiger partial charge in [0.05, 0.1) is 24.3 Å². The summed E-state index contributed by atoms with van der Waals surface area (Å²) >= 11 is 0. The van der Waals surface area contributed by atoms with Crippen LogP contribution in [-0.2, 0) is 6.54 Å². The van der Waals surface area contributed by atoms with Gasteiger partial charge < -0.3 is 5.11 Å². The van der Waals surface area contributed by atoms with Gasteiger partial charge in [0.1, 0.15) is 6.07 Å². The number of hydrogen-bond acceptors (Lipinski definition) is 3. The maximum absolute atomic E-state index is 11.1. The Morgan fingerprint density at radius 1 is 1.69 bits per heavy atom. The molecule has 2 heterocycles. The van der Waals surface area contributed by atoms with E-state index in [1.165, 1.54) is 4.90 Å². The number of carboxylic acid groups (broad SMARTS) is 1. The number of aromatic nitrogens is 2. The molecule has 1 aliphatic rings. The number of fused-ring (bicyclic) bond motifs is 1. The summed E-state index contributed by atoms with van der Waals surface area (Å²) in [5.74, 6) is 0. The minimum atomic E-state index is -0.939. The Bertz CT molecular complexity index is 474. The lowest BCUT2D eigenvalue weighted by Crippen LogP contribution is -2.46. The molecule has 0 unspecified atom stereocenters. The molecule has 0 aliphatic carbocycles. The molecular formula is C10H12N4O2. The van der Waals surface area contributed by atoms with Crippen molar-refractivity contribution in [3.63, 3.8) is 0 Å². The lowest BCUT2D eigenvalue weighted by atomic mass is 10.1. The summed E-state index contributed by atoms with van der Waals surface area (Å²) in [4.78, 5) is 12.5. The smallest absolute Gasteiger partial charge is 0.408 e. The van der Waals surface area contributed by atoms with E-state index >= 15 is 0 Å². The standard InChI is InChI=1S/C10H12N4O2/c1-6-5-13-9(3-8(4-11)12-13)7(2)14(6)10(15)16/h3,6-7H,5H2,1-2H3,(H,15,16)/t6-,7+/m1/s1. The van der Waals surface area contributed by atoms with Crippen LogP contribution in [0.4, 0.5) is 4.79 Å². The van der Waals surface area contributed by atoms with Crippen LogP contribution in [0.1, 0.15) is 31.3 Å². The summed E-state index contributed by atoms with van der Waals surface area (Å²) in [6.07, 6.45) is -0.939. The van der Waals surface area contributed by atoms with Crippen molar-refractivity contribution in [2.45, 2.75) is 32.5 Å². The molecule has 0 radical (unpaired) electrons. The zero-order valence-corrected chi connectivity index (χ0v) is 9.08. The maximum Gasteiger partial charge on any atom is 0.408 e. The van der Waals surface area contributed by atoms with Crippen LogP contribution in [0.15, 0.2) is 6.07 Å². The number of rotatable bonds is 0. The van der Waals surface area contributed by atoms with Crippen LogP contribution in [0, 0.1) is 11.3 Å². The highest BCUT2D eigenvalue weighted by Crippen LogP contribution is 2.28. The van der Waals surface area contributed by atoms with Gasteiger partial charge in [0.15, 0.2) is 5.69 Å². The fourth-order valence-electron chi connectivity index (χ4n) is 2.19. The van der Waals surface area contributed by atoms with Crippen molar-refractivity contribution in [3.8, 4) is 6.07 Å². The number of carbonyl (C=O) groups is 1. The van der Waals surface area contributed by atoms with Gasteiger partial charge in [-0.3, -0.25) is 9.58 Å². The molecular weight excluding hydrogens is 208 g/mol. The zero-order chi connectivity index (χ0) is 11.9. The third kappa shape index (κ3) is 1.41. The molecule has 84 valence electrons. The van der Waals surface area contributed by atoms with E-state index < -0.39 is 6.09 Å². The summed E-state index contributed by atoms with van der Waals surface area (Å²) in [6, 6.07) is 3.21. The first kappa shape index (κ1) is 10.5. The first-order chi connectivity index (χ1) is 7.54. The van der Waals surface area contributed by atoms with Crippen LogP contribution in [-0.4, -0.2) is 31.9 Å². The molecule has 0 fully saturated rings. The number of amides is 1. The molecule has 0 bridgehead atoms. The average Bonchev–Trinajstić information content (AvgIpc) is 2.60. The highest BCUT2D eigenvalue weighted by molar-refractivity contribution is 5.66. The molecule has 1 aromatic rings. The largest absolute Gasteiger partial charge is 0.465 e. The van der Waals surface area contributed by atoms with Gasteiger partial charge in [-0.05, 0) is 19.9 Å². The lowest BCUT2D eigenvalue weighted by molar-refractivity contribution is 0.0835. The van der Waals surface area contributed by atoms with E-state index in [0.29, 0.717) is 12.2 Å². The van der Waals surface area contributed by atoms with E-state index in [-0.39, 0.29) is 12.1 Å². The third-order valence-electron chi connectivity index (χ3n) is 2.90. The van der Waals surface area contributed by atoms with Crippen LogP contribution in [0.5, 0.6) is 0 Å². The second-order valence-corrected chi connectivity index (χ2v) is 3.96. The van der Waals surface area contributed by atoms with E-state index in [1.54, 1.807) is 17.7 Å². The topological polar surface area (TPSA) is 82.2 Å². The number of nitrogens with zero attached hydrogens (tertiary/aromatic N) is 4.